The molecule has 154 valence electrons. The first-order chi connectivity index (χ1) is 13.0. The third-order valence-corrected chi connectivity index (χ3v) is 6.56. The fourth-order valence-electron chi connectivity index (χ4n) is 3.15. The minimum Gasteiger partial charge on any atom is -0.467 e. The number of carbonyl (C=O) groups is 1. The van der Waals surface area contributed by atoms with Gasteiger partial charge in [-0.15, -0.1) is 0 Å². The summed E-state index contributed by atoms with van der Waals surface area (Å²) in [7, 11) is -3.43. The van der Waals surface area contributed by atoms with Crippen molar-refractivity contribution in [2.24, 2.45) is 0 Å². The van der Waals surface area contributed by atoms with E-state index in [0.29, 0.717) is 44.8 Å². The third kappa shape index (κ3) is 6.93. The van der Waals surface area contributed by atoms with Crippen LogP contribution in [0.1, 0.15) is 51.7 Å². The van der Waals surface area contributed by atoms with Crippen LogP contribution in [0.15, 0.2) is 22.8 Å². The van der Waals surface area contributed by atoms with Crippen molar-refractivity contribution < 1.29 is 22.4 Å². The van der Waals surface area contributed by atoms with Gasteiger partial charge in [0.05, 0.1) is 31.2 Å². The molecule has 1 aliphatic rings. The first-order valence-corrected chi connectivity index (χ1v) is 11.5. The number of rotatable bonds is 12. The highest BCUT2D eigenvalue weighted by Gasteiger charge is 2.28. The average Bonchev–Trinajstić information content (AvgIpc) is 3.33. The summed E-state index contributed by atoms with van der Waals surface area (Å²) in [6.45, 7) is 5.58. The fourth-order valence-corrected chi connectivity index (χ4v) is 4.83. The lowest BCUT2D eigenvalue weighted by atomic mass is 10.2. The van der Waals surface area contributed by atoms with E-state index in [4.69, 9.17) is 9.15 Å². The van der Waals surface area contributed by atoms with Crippen LogP contribution in [0.3, 0.4) is 0 Å². The number of nitrogens with zero attached hydrogens (tertiary/aromatic N) is 2. The van der Waals surface area contributed by atoms with Crippen molar-refractivity contribution in [2.45, 2.75) is 58.6 Å². The summed E-state index contributed by atoms with van der Waals surface area (Å²) in [5.74, 6) is 0.549. The molecule has 2 heterocycles. The Morgan fingerprint density at radius 1 is 1.30 bits per heavy atom. The van der Waals surface area contributed by atoms with E-state index >= 15 is 0 Å². The predicted molar refractivity (Wildman–Crippen MR) is 104 cm³/mol. The Morgan fingerprint density at radius 2 is 2.11 bits per heavy atom. The molecule has 0 bridgehead atoms. The zero-order chi connectivity index (χ0) is 19.7. The lowest BCUT2D eigenvalue weighted by Gasteiger charge is -2.28. The number of ether oxygens (including phenoxy) is 1. The number of amides is 1. The van der Waals surface area contributed by atoms with Crippen LogP contribution in [0.2, 0.25) is 0 Å². The van der Waals surface area contributed by atoms with Crippen molar-refractivity contribution in [3.63, 3.8) is 0 Å². The molecule has 0 aromatic carbocycles. The fraction of sp³-hybridized carbons (Fsp3) is 0.737. The van der Waals surface area contributed by atoms with Gasteiger partial charge in [0, 0.05) is 19.7 Å². The van der Waals surface area contributed by atoms with E-state index in [0.717, 1.165) is 19.3 Å². The minimum absolute atomic E-state index is 0.000218. The van der Waals surface area contributed by atoms with E-state index in [2.05, 4.69) is 0 Å². The summed E-state index contributed by atoms with van der Waals surface area (Å²) < 4.78 is 37.6. The topological polar surface area (TPSA) is 80.1 Å². The molecule has 2 rings (SSSR count). The lowest BCUT2D eigenvalue weighted by molar-refractivity contribution is -0.134. The highest BCUT2D eigenvalue weighted by Crippen LogP contribution is 2.16. The molecule has 1 amide bonds. The number of hydrogen-bond acceptors (Lipinski definition) is 5. The van der Waals surface area contributed by atoms with Crippen LogP contribution in [0.5, 0.6) is 0 Å². The van der Waals surface area contributed by atoms with Crippen LogP contribution in [0, 0.1) is 0 Å². The summed E-state index contributed by atoms with van der Waals surface area (Å²) in [4.78, 5) is 14.6. The first-order valence-electron chi connectivity index (χ1n) is 9.85. The smallest absolute Gasteiger partial charge is 0.238 e. The molecule has 0 spiro atoms. The van der Waals surface area contributed by atoms with Crippen molar-refractivity contribution in [1.82, 2.24) is 9.21 Å². The van der Waals surface area contributed by atoms with Crippen molar-refractivity contribution in [3.05, 3.63) is 24.2 Å². The maximum Gasteiger partial charge on any atom is 0.238 e. The van der Waals surface area contributed by atoms with Crippen LogP contribution >= 0.6 is 0 Å². The highest BCUT2D eigenvalue weighted by atomic mass is 32.2. The van der Waals surface area contributed by atoms with E-state index in [1.807, 2.05) is 19.9 Å². The van der Waals surface area contributed by atoms with E-state index < -0.39 is 10.0 Å². The van der Waals surface area contributed by atoms with Crippen LogP contribution in [-0.4, -0.2) is 61.6 Å². The first kappa shape index (κ1) is 21.9. The number of sulfonamides is 1. The molecule has 8 heteroatoms. The molecule has 1 aromatic heterocycles. The molecule has 0 saturated carbocycles. The lowest BCUT2D eigenvalue weighted by Crippen LogP contribution is -2.45. The van der Waals surface area contributed by atoms with E-state index in [1.54, 1.807) is 17.2 Å². The van der Waals surface area contributed by atoms with Gasteiger partial charge in [-0.05, 0) is 37.8 Å². The summed E-state index contributed by atoms with van der Waals surface area (Å²) in [5.41, 5.74) is 0. The minimum atomic E-state index is -3.43. The third-order valence-electron chi connectivity index (χ3n) is 4.66. The Kier molecular flexibility index (Phi) is 8.79. The van der Waals surface area contributed by atoms with Gasteiger partial charge in [-0.3, -0.25) is 4.79 Å². The van der Waals surface area contributed by atoms with Gasteiger partial charge >= 0.3 is 0 Å². The van der Waals surface area contributed by atoms with Crippen molar-refractivity contribution >= 4 is 15.9 Å². The SMILES string of the molecule is CCCCS(=O)(=O)N(CCC)CC(=O)N(Cc1ccco1)C[C@H]1CCCO1. The second-order valence-corrected chi connectivity index (χ2v) is 9.08. The Morgan fingerprint density at radius 3 is 2.70 bits per heavy atom. The van der Waals surface area contributed by atoms with Gasteiger partial charge in [-0.1, -0.05) is 20.3 Å². The van der Waals surface area contributed by atoms with Gasteiger partial charge in [0.15, 0.2) is 0 Å². The zero-order valence-electron chi connectivity index (χ0n) is 16.4. The Bertz CT molecular complexity index is 654. The van der Waals surface area contributed by atoms with Crippen LogP contribution in [0.25, 0.3) is 0 Å². The summed E-state index contributed by atoms with van der Waals surface area (Å²) >= 11 is 0. The van der Waals surface area contributed by atoms with Crippen LogP contribution in [-0.2, 0) is 26.1 Å². The molecule has 1 atom stereocenters. The quantitative estimate of drug-likeness (QED) is 0.539. The van der Waals surface area contributed by atoms with Gasteiger partial charge in [0.2, 0.25) is 15.9 Å². The molecule has 1 fully saturated rings. The number of carbonyl (C=O) groups excluding carboxylic acids is 1. The van der Waals surface area contributed by atoms with E-state index in [9.17, 15) is 13.2 Å². The van der Waals surface area contributed by atoms with E-state index in [-0.39, 0.29) is 24.3 Å². The molecule has 0 unspecified atom stereocenters. The van der Waals surface area contributed by atoms with Crippen molar-refractivity contribution in [1.29, 1.82) is 0 Å². The molecule has 0 aliphatic carbocycles. The molecule has 1 aliphatic heterocycles. The molecule has 1 saturated heterocycles. The summed E-state index contributed by atoms with van der Waals surface area (Å²) in [6.07, 6.45) is 5.54. The standard InChI is InChI=1S/C19H32N2O5S/c1-3-5-13-27(23,24)21(10-4-2)16-19(22)20(14-17-8-6-11-25-17)15-18-9-7-12-26-18/h6,8,11,18H,3-5,7,9-10,12-16H2,1-2H3/t18-/m1/s1. The number of furan rings is 1. The van der Waals surface area contributed by atoms with Crippen molar-refractivity contribution in [2.75, 3.05) is 32.0 Å². The van der Waals surface area contributed by atoms with Crippen LogP contribution in [0.4, 0.5) is 0 Å². The number of hydrogen-bond donors (Lipinski definition) is 0. The summed E-state index contributed by atoms with van der Waals surface area (Å²) in [5, 5.41) is 0. The largest absolute Gasteiger partial charge is 0.467 e. The van der Waals surface area contributed by atoms with Crippen LogP contribution < -0.4 is 0 Å². The molecule has 7 nitrogen and oxygen atoms in total. The molecule has 27 heavy (non-hydrogen) atoms. The average molecular weight is 401 g/mol. The molecule has 0 radical (unpaired) electrons. The van der Waals surface area contributed by atoms with E-state index in [1.165, 1.54) is 4.31 Å². The van der Waals surface area contributed by atoms with Gasteiger partial charge < -0.3 is 14.1 Å². The normalized spacial score (nSPS) is 17.5. The molecular formula is C19H32N2O5S. The van der Waals surface area contributed by atoms with Gasteiger partial charge in [0.25, 0.3) is 0 Å². The number of unbranched alkanes of at least 4 members (excludes halogenated alkanes) is 1. The maximum absolute atomic E-state index is 13.0. The highest BCUT2D eigenvalue weighted by molar-refractivity contribution is 7.89. The Hall–Kier alpha value is -1.38. The van der Waals surface area contributed by atoms with Gasteiger partial charge in [-0.25, -0.2) is 8.42 Å². The Balaban J connectivity index is 2.08. The monoisotopic (exact) mass is 400 g/mol. The Labute approximate surface area is 162 Å². The second-order valence-electron chi connectivity index (χ2n) is 6.99. The molecular weight excluding hydrogens is 368 g/mol. The van der Waals surface area contributed by atoms with Gasteiger partial charge in [-0.2, -0.15) is 4.31 Å². The van der Waals surface area contributed by atoms with Crippen molar-refractivity contribution in [3.8, 4) is 0 Å². The summed E-state index contributed by atoms with van der Waals surface area (Å²) in [6, 6.07) is 3.60. The molecule has 1 aromatic rings. The predicted octanol–water partition coefficient (Wildman–Crippen LogP) is 2.63. The zero-order valence-corrected chi connectivity index (χ0v) is 17.2. The van der Waals surface area contributed by atoms with Gasteiger partial charge in [0.1, 0.15) is 5.76 Å². The maximum atomic E-state index is 13.0. The second kappa shape index (κ2) is 10.8. The molecule has 0 N–H and O–H groups in total.